The van der Waals surface area contributed by atoms with Gasteiger partial charge in [-0.15, -0.1) is 0 Å². The molecule has 0 fully saturated rings. The molecule has 8 heterocycles. The van der Waals surface area contributed by atoms with Crippen LogP contribution in [0.3, 0.4) is 0 Å². The van der Waals surface area contributed by atoms with Gasteiger partial charge in [0.1, 0.15) is 17.2 Å². The minimum Gasteiger partial charge on any atom is -0.359 e. The average molecular weight is 953 g/mol. The van der Waals surface area contributed by atoms with Gasteiger partial charge in [-0.05, 0) is 130 Å². The highest BCUT2D eigenvalue weighted by molar-refractivity contribution is 6.52. The lowest BCUT2D eigenvalue weighted by atomic mass is 9.91. The zero-order valence-electron chi connectivity index (χ0n) is 36.4. The third kappa shape index (κ3) is 8.04. The maximum Gasteiger partial charge on any atom is 0.235 e. The Bertz CT molecular complexity index is 3850. The summed E-state index contributed by atoms with van der Waals surface area (Å²) in [6.07, 6.45) is 7.61. The normalized spacial score (nSPS) is 11.8. The molecule has 12 nitrogen and oxygen atoms in total. The van der Waals surface area contributed by atoms with Crippen molar-refractivity contribution >= 4 is 118 Å². The quantitative estimate of drug-likeness (QED) is 0.0751. The van der Waals surface area contributed by atoms with Crippen molar-refractivity contribution in [2.24, 2.45) is 0 Å². The molecule has 13 rings (SSSR count). The lowest BCUT2D eigenvalue weighted by Crippen LogP contribution is -2.22. The molecule has 4 aromatic carbocycles. The summed E-state index contributed by atoms with van der Waals surface area (Å²) in [5.41, 5.74) is 13.2. The van der Waals surface area contributed by atoms with Crippen molar-refractivity contribution < 1.29 is 14.4 Å². The second-order valence-corrected chi connectivity index (χ2v) is 17.3. The van der Waals surface area contributed by atoms with E-state index < -0.39 is 11.6 Å². The Morgan fingerprint density at radius 1 is 0.500 bits per heavy atom. The number of halogens is 3. The molecule has 8 aromatic heterocycles. The van der Waals surface area contributed by atoms with E-state index in [1.807, 2.05) is 74.5 Å². The average Bonchev–Trinajstić information content (AvgIpc) is 4.12. The monoisotopic (exact) mass is 951 g/mol. The van der Waals surface area contributed by atoms with Gasteiger partial charge >= 0.3 is 0 Å². The first-order valence-electron chi connectivity index (χ1n) is 21.2. The topological polar surface area (TPSA) is 179 Å². The van der Waals surface area contributed by atoms with E-state index in [9.17, 15) is 14.4 Å². The number of imidazole rings is 1. The molecule has 15 heteroatoms. The molecule has 0 saturated carbocycles. The van der Waals surface area contributed by atoms with Crippen molar-refractivity contribution in [2.75, 3.05) is 0 Å². The first-order chi connectivity index (χ1) is 33.0. The Balaban J connectivity index is 0.000000115. The van der Waals surface area contributed by atoms with E-state index in [2.05, 4.69) is 58.9 Å². The van der Waals surface area contributed by atoms with E-state index in [0.717, 1.165) is 94.2 Å². The van der Waals surface area contributed by atoms with Gasteiger partial charge < -0.3 is 19.9 Å². The molecule has 0 unspecified atom stereocenters. The van der Waals surface area contributed by atoms with Crippen LogP contribution in [-0.4, -0.2) is 62.7 Å². The third-order valence-electron chi connectivity index (χ3n) is 11.6. The molecular formula is C53H36Cl3N9O3. The fraction of sp³-hybridized carbons (Fsp3) is 0.0566. The summed E-state index contributed by atoms with van der Waals surface area (Å²) in [5, 5.41) is 7.25. The molecule has 0 radical (unpaired) electrons. The number of aromatic amines is 4. The van der Waals surface area contributed by atoms with Gasteiger partial charge in [0.2, 0.25) is 11.6 Å². The highest BCUT2D eigenvalue weighted by Gasteiger charge is 2.31. The molecule has 1 aliphatic rings. The number of fused-ring (bicyclic) bond motifs is 12. The van der Waals surface area contributed by atoms with Gasteiger partial charge in [-0.1, -0.05) is 34.8 Å². The molecule has 332 valence electrons. The SMILES string of the molecule is Cc1[nH]c2ccc(Cl)cc2c1-c1nc2c3cccnc3c3ncccc3c2[nH]1.Cc1[nH]c2ccc(Cl)cc2c1C=O.Cc1cc2cc(Cl)ccc2[nH]1.O=C1C(=O)c2cccnc2-c2ncccc21. The van der Waals surface area contributed by atoms with E-state index in [1.165, 1.54) is 11.1 Å². The summed E-state index contributed by atoms with van der Waals surface area (Å²) in [6.45, 7) is 5.96. The summed E-state index contributed by atoms with van der Waals surface area (Å²) >= 11 is 17.9. The molecule has 0 amide bonds. The minimum atomic E-state index is -0.511. The number of nitrogens with one attached hydrogen (secondary N) is 4. The summed E-state index contributed by atoms with van der Waals surface area (Å²) in [5.74, 6) is -0.213. The predicted molar refractivity (Wildman–Crippen MR) is 271 cm³/mol. The highest BCUT2D eigenvalue weighted by atomic mass is 35.5. The zero-order valence-corrected chi connectivity index (χ0v) is 38.6. The number of aryl methyl sites for hydroxylation is 3. The van der Waals surface area contributed by atoms with E-state index in [0.29, 0.717) is 38.1 Å². The van der Waals surface area contributed by atoms with Crippen molar-refractivity contribution in [3.8, 4) is 22.8 Å². The largest absolute Gasteiger partial charge is 0.359 e. The lowest BCUT2D eigenvalue weighted by molar-refractivity contribution is 0.0814. The maximum absolute atomic E-state index is 11.8. The number of aromatic nitrogens is 9. The van der Waals surface area contributed by atoms with Crippen LogP contribution >= 0.6 is 34.8 Å². The Morgan fingerprint density at radius 2 is 1.03 bits per heavy atom. The number of carbonyl (C=O) groups excluding carboxylic acids is 3. The number of Topliss-reactive ketones (excluding diaryl/α,β-unsaturated/α-hetero) is 2. The number of nitrogens with zero attached hydrogens (tertiary/aromatic N) is 5. The van der Waals surface area contributed by atoms with E-state index in [1.54, 1.807) is 61.2 Å². The van der Waals surface area contributed by atoms with Crippen LogP contribution < -0.4 is 0 Å². The Labute approximate surface area is 401 Å². The number of hydrogen-bond acceptors (Lipinski definition) is 8. The van der Waals surface area contributed by atoms with Crippen LogP contribution in [0, 0.1) is 20.8 Å². The van der Waals surface area contributed by atoms with Crippen molar-refractivity contribution in [2.45, 2.75) is 20.8 Å². The molecule has 0 atom stereocenters. The van der Waals surface area contributed by atoms with E-state index >= 15 is 0 Å². The number of aldehydes is 1. The number of hydrogen-bond donors (Lipinski definition) is 4. The van der Waals surface area contributed by atoms with Crippen molar-refractivity contribution in [1.29, 1.82) is 0 Å². The maximum atomic E-state index is 11.8. The van der Waals surface area contributed by atoms with Crippen LogP contribution in [0.1, 0.15) is 48.2 Å². The molecule has 0 spiro atoms. The van der Waals surface area contributed by atoms with Crippen molar-refractivity contribution in [1.82, 2.24) is 44.9 Å². The Hall–Kier alpha value is -8.03. The summed E-state index contributed by atoms with van der Waals surface area (Å²) < 4.78 is 0. The summed E-state index contributed by atoms with van der Waals surface area (Å²) in [6, 6.07) is 33.7. The van der Waals surface area contributed by atoms with Gasteiger partial charge in [0.15, 0.2) is 6.29 Å². The second-order valence-electron chi connectivity index (χ2n) is 16.0. The van der Waals surface area contributed by atoms with Crippen LogP contribution in [0.4, 0.5) is 0 Å². The number of benzene rings is 4. The molecule has 1 aliphatic carbocycles. The number of pyridine rings is 4. The molecule has 12 aromatic rings. The lowest BCUT2D eigenvalue weighted by Gasteiger charge is -2.14. The fourth-order valence-electron chi connectivity index (χ4n) is 8.59. The first-order valence-corrected chi connectivity index (χ1v) is 22.4. The number of rotatable bonds is 2. The molecule has 0 aliphatic heterocycles. The number of carbonyl (C=O) groups is 3. The minimum absolute atomic E-state index is 0.332. The molecular weight excluding hydrogens is 917 g/mol. The zero-order chi connectivity index (χ0) is 47.2. The van der Waals surface area contributed by atoms with Gasteiger partial charge in [0.25, 0.3) is 0 Å². The van der Waals surface area contributed by atoms with Gasteiger partial charge in [-0.3, -0.25) is 34.3 Å². The van der Waals surface area contributed by atoms with Gasteiger partial charge in [-0.2, -0.15) is 0 Å². The van der Waals surface area contributed by atoms with Crippen molar-refractivity contribution in [3.05, 3.63) is 183 Å². The second kappa shape index (κ2) is 18.0. The third-order valence-corrected chi connectivity index (χ3v) is 12.3. The summed E-state index contributed by atoms with van der Waals surface area (Å²) in [7, 11) is 0. The molecule has 68 heavy (non-hydrogen) atoms. The van der Waals surface area contributed by atoms with Crippen LogP contribution in [0.15, 0.2) is 134 Å². The Kier molecular flexibility index (Phi) is 11.6. The van der Waals surface area contributed by atoms with Crippen LogP contribution in [-0.2, 0) is 0 Å². The molecule has 0 bridgehead atoms. The van der Waals surface area contributed by atoms with E-state index in [-0.39, 0.29) is 0 Å². The van der Waals surface area contributed by atoms with Gasteiger partial charge in [-0.25, -0.2) is 4.98 Å². The van der Waals surface area contributed by atoms with Crippen LogP contribution in [0.25, 0.3) is 88.3 Å². The highest BCUT2D eigenvalue weighted by Crippen LogP contribution is 2.37. The van der Waals surface area contributed by atoms with Gasteiger partial charge in [0, 0.05) is 112 Å². The Morgan fingerprint density at radius 3 is 1.68 bits per heavy atom. The number of ketones is 2. The first kappa shape index (κ1) is 43.8. The molecule has 4 N–H and O–H groups in total. The smallest absolute Gasteiger partial charge is 0.235 e. The van der Waals surface area contributed by atoms with Crippen molar-refractivity contribution in [3.63, 3.8) is 0 Å². The fourth-order valence-corrected chi connectivity index (χ4v) is 9.11. The van der Waals surface area contributed by atoms with Gasteiger partial charge in [0.05, 0.1) is 33.2 Å². The predicted octanol–water partition coefficient (Wildman–Crippen LogP) is 13.4. The van der Waals surface area contributed by atoms with Crippen LogP contribution in [0.2, 0.25) is 15.1 Å². The molecule has 0 saturated heterocycles. The number of H-pyrrole nitrogens is 4. The van der Waals surface area contributed by atoms with E-state index in [4.69, 9.17) is 39.8 Å². The summed E-state index contributed by atoms with van der Waals surface area (Å²) in [4.78, 5) is 69.9. The standard InChI is InChI=1S/C22H14ClN5.C12H6N2O2.C10H8ClNO.C9H8ClN/c1-11-17(15-10-12(23)6-7-16(15)26-11)22-27-20-13-4-2-8-24-18(13)19-14(21(20)28-22)5-3-9-25-19;15-11-7-3-1-5-13-9(7)10-8(12(11)16)4-2-6-14-10;1-6-9(5-13)8-4-7(11)2-3-10(8)12-6;1-6-4-7-5-8(10)2-3-9(7)11-6/h2-10,26H,1H3,(H,27,28);1-6H;2-5,12H,1H3;2-5,11H,1H3. The van der Waals surface area contributed by atoms with Crippen LogP contribution in [0.5, 0.6) is 0 Å².